The number of hydrogen-bond acceptors (Lipinski definition) is 7. The monoisotopic (exact) mass is 494 g/mol. The highest BCUT2D eigenvalue weighted by atomic mass is 16.5. The molecular formula is C25H26N4O7. The number of carbonyl (C=O) groups excluding carboxylic acids is 2. The van der Waals surface area contributed by atoms with Gasteiger partial charge < -0.3 is 30.2 Å². The number of benzene rings is 2. The number of aliphatic carboxylic acids is 1. The van der Waals surface area contributed by atoms with Crippen LogP contribution in [-0.2, 0) is 4.79 Å². The fourth-order valence-electron chi connectivity index (χ4n) is 3.25. The molecule has 3 rings (SSSR count). The summed E-state index contributed by atoms with van der Waals surface area (Å²) in [5, 5.41) is 14.1. The Morgan fingerprint density at radius 3 is 1.92 bits per heavy atom. The zero-order valence-electron chi connectivity index (χ0n) is 19.9. The minimum atomic E-state index is -1.08. The topological polar surface area (TPSA) is 160 Å². The van der Waals surface area contributed by atoms with Gasteiger partial charge in [-0.1, -0.05) is 31.2 Å². The first-order valence-corrected chi connectivity index (χ1v) is 10.9. The minimum absolute atomic E-state index is 0.147. The lowest BCUT2D eigenvalue weighted by Gasteiger charge is -2.20. The lowest BCUT2D eigenvalue weighted by molar-refractivity contribution is -0.140. The lowest BCUT2D eigenvalue weighted by Crippen LogP contribution is -2.36. The molecule has 4 N–H and O–H groups in total. The molecular weight excluding hydrogens is 468 g/mol. The molecule has 0 aliphatic carbocycles. The van der Waals surface area contributed by atoms with Crippen molar-refractivity contribution in [2.75, 3.05) is 20.8 Å². The van der Waals surface area contributed by atoms with Crippen molar-refractivity contribution in [2.24, 2.45) is 5.92 Å². The predicted octanol–water partition coefficient (Wildman–Crippen LogP) is 1.76. The molecule has 11 heteroatoms. The maximum atomic E-state index is 13.1. The first-order chi connectivity index (χ1) is 17.2. The second-order valence-corrected chi connectivity index (χ2v) is 7.88. The van der Waals surface area contributed by atoms with Gasteiger partial charge in [0.1, 0.15) is 17.1 Å². The molecule has 0 fully saturated rings. The second kappa shape index (κ2) is 11.6. The standard InChI is InChI=1S/C25H26N4O7/c1-14(25(33)34)12-27-24(32)21-26-13-19(23(31)29-21)22(30)28-20(15-4-8-17(35-2)9-5-15)16-6-10-18(36-3)11-7-16/h4-11,13-14,20H,12H2,1-3H3,(H,27,32)(H,28,30)(H,33,34)(H,26,29,31)/t14-/m0/s1. The van der Waals surface area contributed by atoms with Crippen LogP contribution in [0, 0.1) is 5.92 Å². The van der Waals surface area contributed by atoms with Crippen LogP contribution in [0.3, 0.4) is 0 Å². The number of methoxy groups -OCH3 is 2. The van der Waals surface area contributed by atoms with Gasteiger partial charge >= 0.3 is 5.97 Å². The Balaban J connectivity index is 1.83. The van der Waals surface area contributed by atoms with Gasteiger partial charge in [-0.25, -0.2) is 4.98 Å². The Bertz CT molecular complexity index is 1240. The van der Waals surface area contributed by atoms with Gasteiger partial charge in [0.15, 0.2) is 5.82 Å². The van der Waals surface area contributed by atoms with E-state index in [9.17, 15) is 19.2 Å². The number of aromatic nitrogens is 2. The van der Waals surface area contributed by atoms with Crippen molar-refractivity contribution in [3.05, 3.63) is 87.6 Å². The number of aromatic amines is 1. The molecule has 0 radical (unpaired) electrons. The van der Waals surface area contributed by atoms with Crippen molar-refractivity contribution in [3.63, 3.8) is 0 Å². The molecule has 2 aromatic carbocycles. The molecule has 36 heavy (non-hydrogen) atoms. The molecule has 3 aromatic rings. The molecule has 0 saturated heterocycles. The quantitative estimate of drug-likeness (QED) is 0.332. The van der Waals surface area contributed by atoms with Crippen LogP contribution in [0.25, 0.3) is 0 Å². The zero-order chi connectivity index (χ0) is 26.2. The largest absolute Gasteiger partial charge is 0.497 e. The maximum Gasteiger partial charge on any atom is 0.308 e. The summed E-state index contributed by atoms with van der Waals surface area (Å²) in [6.07, 6.45) is 1.00. The molecule has 0 aliphatic heterocycles. The van der Waals surface area contributed by atoms with Gasteiger partial charge in [0, 0.05) is 12.7 Å². The van der Waals surface area contributed by atoms with E-state index >= 15 is 0 Å². The van der Waals surface area contributed by atoms with Gasteiger partial charge in [-0.3, -0.25) is 19.2 Å². The van der Waals surface area contributed by atoms with Crippen molar-refractivity contribution in [1.29, 1.82) is 0 Å². The van der Waals surface area contributed by atoms with Gasteiger partial charge in [0.2, 0.25) is 0 Å². The van der Waals surface area contributed by atoms with Crippen molar-refractivity contribution >= 4 is 17.8 Å². The number of nitrogens with one attached hydrogen (secondary N) is 3. The molecule has 2 amide bonds. The fourth-order valence-corrected chi connectivity index (χ4v) is 3.25. The third-order valence-corrected chi connectivity index (χ3v) is 5.42. The van der Waals surface area contributed by atoms with Gasteiger partial charge in [-0.05, 0) is 35.4 Å². The summed E-state index contributed by atoms with van der Waals surface area (Å²) in [6, 6.07) is 13.6. The molecule has 1 aromatic heterocycles. The lowest BCUT2D eigenvalue weighted by atomic mass is 9.98. The smallest absolute Gasteiger partial charge is 0.308 e. The second-order valence-electron chi connectivity index (χ2n) is 7.88. The predicted molar refractivity (Wildman–Crippen MR) is 129 cm³/mol. The minimum Gasteiger partial charge on any atom is -0.497 e. The van der Waals surface area contributed by atoms with E-state index in [1.807, 2.05) is 0 Å². The highest BCUT2D eigenvalue weighted by Crippen LogP contribution is 2.26. The van der Waals surface area contributed by atoms with Crippen molar-refractivity contribution in [1.82, 2.24) is 20.6 Å². The Morgan fingerprint density at radius 1 is 0.944 bits per heavy atom. The maximum absolute atomic E-state index is 13.1. The van der Waals surface area contributed by atoms with E-state index < -0.39 is 35.3 Å². The van der Waals surface area contributed by atoms with E-state index in [-0.39, 0.29) is 17.9 Å². The number of rotatable bonds is 10. The third kappa shape index (κ3) is 6.26. The van der Waals surface area contributed by atoms with Gasteiger partial charge in [-0.15, -0.1) is 0 Å². The summed E-state index contributed by atoms with van der Waals surface area (Å²) >= 11 is 0. The summed E-state index contributed by atoms with van der Waals surface area (Å²) in [4.78, 5) is 54.9. The van der Waals surface area contributed by atoms with E-state index in [4.69, 9.17) is 14.6 Å². The molecule has 0 saturated carbocycles. The average molecular weight is 495 g/mol. The number of carboxylic acids is 1. The molecule has 1 heterocycles. The number of nitrogens with zero attached hydrogens (tertiary/aromatic N) is 1. The number of H-pyrrole nitrogens is 1. The zero-order valence-corrected chi connectivity index (χ0v) is 19.9. The van der Waals surface area contributed by atoms with E-state index in [1.165, 1.54) is 6.92 Å². The van der Waals surface area contributed by atoms with E-state index in [2.05, 4.69) is 20.6 Å². The molecule has 0 spiro atoms. The number of hydrogen-bond donors (Lipinski definition) is 4. The number of carbonyl (C=O) groups is 3. The number of amides is 2. The normalized spacial score (nSPS) is 11.4. The Morgan fingerprint density at radius 2 is 1.47 bits per heavy atom. The Kier molecular flexibility index (Phi) is 8.39. The van der Waals surface area contributed by atoms with Crippen LogP contribution in [0.4, 0.5) is 0 Å². The summed E-state index contributed by atoms with van der Waals surface area (Å²) in [5.41, 5.74) is 0.365. The summed E-state index contributed by atoms with van der Waals surface area (Å²) in [5.74, 6) is -2.41. The van der Waals surface area contributed by atoms with Crippen molar-refractivity contribution in [2.45, 2.75) is 13.0 Å². The average Bonchev–Trinajstić information content (AvgIpc) is 2.90. The summed E-state index contributed by atoms with van der Waals surface area (Å²) < 4.78 is 10.4. The van der Waals surface area contributed by atoms with Gasteiger partial charge in [0.05, 0.1) is 26.2 Å². The van der Waals surface area contributed by atoms with Crippen LogP contribution in [0.1, 0.15) is 45.1 Å². The van der Waals surface area contributed by atoms with Gasteiger partial charge in [0.25, 0.3) is 17.4 Å². The van der Waals surface area contributed by atoms with Gasteiger partial charge in [-0.2, -0.15) is 0 Å². The SMILES string of the molecule is COc1ccc(C(NC(=O)c2cnc(C(=O)NC[C@H](C)C(=O)O)[nH]c2=O)c2ccc(OC)cc2)cc1. The molecule has 188 valence electrons. The van der Waals surface area contributed by atoms with E-state index in [0.717, 1.165) is 17.3 Å². The van der Waals surface area contributed by atoms with Crippen LogP contribution in [0.5, 0.6) is 11.5 Å². The van der Waals surface area contributed by atoms with Crippen molar-refractivity contribution < 1.29 is 29.0 Å². The number of ether oxygens (including phenoxy) is 2. The Hall–Kier alpha value is -4.67. The fraction of sp³-hybridized carbons (Fsp3) is 0.240. The highest BCUT2D eigenvalue weighted by molar-refractivity contribution is 5.95. The Labute approximate surface area is 206 Å². The van der Waals surface area contributed by atoms with E-state index in [1.54, 1.807) is 62.8 Å². The molecule has 0 bridgehead atoms. The molecule has 11 nitrogen and oxygen atoms in total. The van der Waals surface area contributed by atoms with Crippen molar-refractivity contribution in [3.8, 4) is 11.5 Å². The van der Waals surface area contributed by atoms with E-state index in [0.29, 0.717) is 11.5 Å². The third-order valence-electron chi connectivity index (χ3n) is 5.42. The molecule has 0 unspecified atom stereocenters. The number of carboxylic acid groups (broad SMARTS) is 1. The van der Waals surface area contributed by atoms with Crippen LogP contribution in [-0.4, -0.2) is 53.6 Å². The summed E-state index contributed by atoms with van der Waals surface area (Å²) in [7, 11) is 3.10. The molecule has 1 atom stereocenters. The van der Waals surface area contributed by atoms with Crippen LogP contribution >= 0.6 is 0 Å². The highest BCUT2D eigenvalue weighted by Gasteiger charge is 2.22. The first kappa shape index (κ1) is 25.9. The van der Waals surface area contributed by atoms with Crippen LogP contribution in [0.15, 0.2) is 59.5 Å². The molecule has 0 aliphatic rings. The first-order valence-electron chi connectivity index (χ1n) is 10.9. The van der Waals surface area contributed by atoms with Crippen LogP contribution < -0.4 is 25.7 Å². The van der Waals surface area contributed by atoms with Crippen LogP contribution in [0.2, 0.25) is 0 Å². The summed E-state index contributed by atoms with van der Waals surface area (Å²) in [6.45, 7) is 1.28.